The number of hydrogen-bond donors (Lipinski definition) is 2. The lowest BCUT2D eigenvalue weighted by molar-refractivity contribution is 0.174. The lowest BCUT2D eigenvalue weighted by Crippen LogP contribution is -2.45. The fourth-order valence-electron chi connectivity index (χ4n) is 1.79. The second-order valence-corrected chi connectivity index (χ2v) is 5.38. The summed E-state index contributed by atoms with van der Waals surface area (Å²) in [4.78, 5) is 14.9. The second kappa shape index (κ2) is 8.11. The molecule has 102 valence electrons. The Labute approximate surface area is 113 Å². The molecule has 0 bridgehead atoms. The molecule has 1 aromatic rings. The number of thiophene rings is 1. The normalized spacial score (nSPS) is 12.2. The number of aliphatic hydroxyl groups excluding tert-OH is 1. The van der Waals surface area contributed by atoms with Crippen molar-refractivity contribution in [2.24, 2.45) is 0 Å². The molecule has 0 aliphatic rings. The van der Waals surface area contributed by atoms with Crippen LogP contribution >= 0.6 is 11.3 Å². The van der Waals surface area contributed by atoms with E-state index in [4.69, 9.17) is 5.11 Å². The van der Waals surface area contributed by atoms with Crippen molar-refractivity contribution < 1.29 is 9.90 Å². The highest BCUT2D eigenvalue weighted by molar-refractivity contribution is 7.09. The molecule has 0 aliphatic heterocycles. The zero-order valence-electron chi connectivity index (χ0n) is 11.1. The van der Waals surface area contributed by atoms with Crippen molar-refractivity contribution in [1.82, 2.24) is 10.2 Å². The molecule has 2 N–H and O–H groups in total. The highest BCUT2D eigenvalue weighted by atomic mass is 32.1. The van der Waals surface area contributed by atoms with Gasteiger partial charge in [0, 0.05) is 30.4 Å². The molecule has 0 aliphatic carbocycles. The molecular formula is C13H22N2O2S. The molecule has 2 amide bonds. The molecule has 0 saturated carbocycles. The van der Waals surface area contributed by atoms with Gasteiger partial charge in [-0.25, -0.2) is 4.79 Å². The molecule has 1 unspecified atom stereocenters. The lowest BCUT2D eigenvalue weighted by atomic mass is 10.2. The first-order valence-electron chi connectivity index (χ1n) is 6.36. The average Bonchev–Trinajstić information content (AvgIpc) is 2.81. The number of aliphatic hydroxyl groups is 1. The van der Waals surface area contributed by atoms with E-state index in [9.17, 15) is 4.79 Å². The van der Waals surface area contributed by atoms with Crippen LogP contribution in [0.25, 0.3) is 0 Å². The Morgan fingerprint density at radius 3 is 2.89 bits per heavy atom. The largest absolute Gasteiger partial charge is 0.395 e. The highest BCUT2D eigenvalue weighted by Gasteiger charge is 2.14. The number of nitrogens with one attached hydrogen (secondary N) is 1. The summed E-state index contributed by atoms with van der Waals surface area (Å²) in [5.74, 6) is 0. The van der Waals surface area contributed by atoms with E-state index in [1.807, 2.05) is 25.3 Å². The molecule has 1 heterocycles. The van der Waals surface area contributed by atoms with Crippen LogP contribution in [0.5, 0.6) is 0 Å². The summed E-state index contributed by atoms with van der Waals surface area (Å²) in [7, 11) is 0. The van der Waals surface area contributed by atoms with Crippen molar-refractivity contribution in [3.05, 3.63) is 22.4 Å². The van der Waals surface area contributed by atoms with E-state index in [1.54, 1.807) is 16.2 Å². The van der Waals surface area contributed by atoms with Gasteiger partial charge in [0.1, 0.15) is 0 Å². The highest BCUT2D eigenvalue weighted by Crippen LogP contribution is 2.11. The standard InChI is InChI=1S/C13H22N2O2S/c1-3-6-15(7-8-16)13(17)14-11(2)10-12-5-4-9-18-12/h4-5,9,11,16H,3,6-8,10H2,1-2H3,(H,14,17). The van der Waals surface area contributed by atoms with Crippen LogP contribution in [0.2, 0.25) is 0 Å². The van der Waals surface area contributed by atoms with Crippen LogP contribution in [-0.2, 0) is 6.42 Å². The maximum atomic E-state index is 12.0. The first-order chi connectivity index (χ1) is 8.67. The third kappa shape index (κ3) is 5.06. The predicted molar refractivity (Wildman–Crippen MR) is 75.0 cm³/mol. The fourth-order valence-corrected chi connectivity index (χ4v) is 2.62. The van der Waals surface area contributed by atoms with E-state index >= 15 is 0 Å². The number of nitrogens with zero attached hydrogens (tertiary/aromatic N) is 1. The molecule has 0 fully saturated rings. The van der Waals surface area contributed by atoms with Crippen LogP contribution in [0.4, 0.5) is 4.79 Å². The van der Waals surface area contributed by atoms with Gasteiger partial charge < -0.3 is 15.3 Å². The number of carbonyl (C=O) groups excluding carboxylic acids is 1. The van der Waals surface area contributed by atoms with Gasteiger partial charge in [-0.15, -0.1) is 11.3 Å². The van der Waals surface area contributed by atoms with Gasteiger partial charge in [0.15, 0.2) is 0 Å². The van der Waals surface area contributed by atoms with Gasteiger partial charge in [-0.2, -0.15) is 0 Å². The molecular weight excluding hydrogens is 248 g/mol. The SMILES string of the molecule is CCCN(CCO)C(=O)NC(C)Cc1cccs1. The first kappa shape index (κ1) is 15.0. The van der Waals surface area contributed by atoms with E-state index in [2.05, 4.69) is 11.4 Å². The molecule has 0 saturated heterocycles. The van der Waals surface area contributed by atoms with Gasteiger partial charge in [-0.1, -0.05) is 13.0 Å². The van der Waals surface area contributed by atoms with Crippen LogP contribution in [0, 0.1) is 0 Å². The number of hydrogen-bond acceptors (Lipinski definition) is 3. The smallest absolute Gasteiger partial charge is 0.317 e. The van der Waals surface area contributed by atoms with E-state index in [0.29, 0.717) is 13.1 Å². The zero-order valence-corrected chi connectivity index (χ0v) is 11.9. The first-order valence-corrected chi connectivity index (χ1v) is 7.24. The van der Waals surface area contributed by atoms with Crippen LogP contribution in [0.3, 0.4) is 0 Å². The van der Waals surface area contributed by atoms with E-state index in [1.165, 1.54) is 4.88 Å². The second-order valence-electron chi connectivity index (χ2n) is 4.34. The Morgan fingerprint density at radius 2 is 2.33 bits per heavy atom. The van der Waals surface area contributed by atoms with Crippen LogP contribution in [0.1, 0.15) is 25.1 Å². The number of amides is 2. The van der Waals surface area contributed by atoms with Crippen LogP contribution in [-0.4, -0.2) is 41.8 Å². The summed E-state index contributed by atoms with van der Waals surface area (Å²) in [5.41, 5.74) is 0. The summed E-state index contributed by atoms with van der Waals surface area (Å²) in [5, 5.41) is 13.9. The number of rotatable bonds is 7. The zero-order chi connectivity index (χ0) is 13.4. The van der Waals surface area contributed by atoms with Gasteiger partial charge in [-0.3, -0.25) is 0 Å². The van der Waals surface area contributed by atoms with Crippen LogP contribution < -0.4 is 5.32 Å². The van der Waals surface area contributed by atoms with Gasteiger partial charge in [0.05, 0.1) is 6.61 Å². The van der Waals surface area contributed by atoms with Crippen molar-refractivity contribution in [2.75, 3.05) is 19.7 Å². The monoisotopic (exact) mass is 270 g/mol. The maximum absolute atomic E-state index is 12.0. The Bertz CT molecular complexity index is 335. The topological polar surface area (TPSA) is 52.6 Å². The number of urea groups is 1. The molecule has 0 radical (unpaired) electrons. The van der Waals surface area contributed by atoms with Crippen molar-refractivity contribution >= 4 is 17.4 Å². The van der Waals surface area contributed by atoms with E-state index in [-0.39, 0.29) is 18.7 Å². The van der Waals surface area contributed by atoms with Crippen LogP contribution in [0.15, 0.2) is 17.5 Å². The summed E-state index contributed by atoms with van der Waals surface area (Å²) in [6.07, 6.45) is 1.75. The van der Waals surface area contributed by atoms with Gasteiger partial charge in [-0.05, 0) is 24.8 Å². The summed E-state index contributed by atoms with van der Waals surface area (Å²) in [6.45, 7) is 5.10. The Kier molecular flexibility index (Phi) is 6.75. The molecule has 1 atom stereocenters. The summed E-state index contributed by atoms with van der Waals surface area (Å²) < 4.78 is 0. The lowest BCUT2D eigenvalue weighted by Gasteiger charge is -2.24. The van der Waals surface area contributed by atoms with E-state index < -0.39 is 0 Å². The van der Waals surface area contributed by atoms with Crippen molar-refractivity contribution in [2.45, 2.75) is 32.7 Å². The van der Waals surface area contributed by atoms with Gasteiger partial charge >= 0.3 is 6.03 Å². The van der Waals surface area contributed by atoms with Crippen molar-refractivity contribution in [3.63, 3.8) is 0 Å². The third-order valence-corrected chi connectivity index (χ3v) is 3.51. The van der Waals surface area contributed by atoms with Gasteiger partial charge in [0.25, 0.3) is 0 Å². The molecule has 4 nitrogen and oxygen atoms in total. The Morgan fingerprint density at radius 1 is 1.56 bits per heavy atom. The summed E-state index contributed by atoms with van der Waals surface area (Å²) in [6, 6.07) is 4.11. The molecule has 0 aromatic carbocycles. The minimum absolute atomic E-state index is 0.00667. The molecule has 5 heteroatoms. The Hall–Kier alpha value is -1.07. The molecule has 18 heavy (non-hydrogen) atoms. The minimum atomic E-state index is -0.0880. The molecule has 1 aromatic heterocycles. The molecule has 1 rings (SSSR count). The predicted octanol–water partition coefficient (Wildman–Crippen LogP) is 2.09. The average molecular weight is 270 g/mol. The Balaban J connectivity index is 2.41. The maximum Gasteiger partial charge on any atom is 0.317 e. The van der Waals surface area contributed by atoms with Gasteiger partial charge in [0.2, 0.25) is 0 Å². The fraction of sp³-hybridized carbons (Fsp3) is 0.615. The minimum Gasteiger partial charge on any atom is -0.395 e. The van der Waals surface area contributed by atoms with Crippen molar-refractivity contribution in [1.29, 1.82) is 0 Å². The van der Waals surface area contributed by atoms with E-state index in [0.717, 1.165) is 12.8 Å². The quantitative estimate of drug-likeness (QED) is 0.797. The number of carbonyl (C=O) groups is 1. The molecule has 0 spiro atoms. The third-order valence-electron chi connectivity index (χ3n) is 2.61. The van der Waals surface area contributed by atoms with Crippen molar-refractivity contribution in [3.8, 4) is 0 Å². The summed E-state index contributed by atoms with van der Waals surface area (Å²) >= 11 is 1.70.